The fraction of sp³-hybridized carbons (Fsp3) is 0.889. The van der Waals surface area contributed by atoms with E-state index in [0.717, 1.165) is 6.54 Å². The molecule has 0 saturated heterocycles. The van der Waals surface area contributed by atoms with E-state index in [4.69, 9.17) is 9.47 Å². The van der Waals surface area contributed by atoms with Gasteiger partial charge in [0.05, 0.1) is 26.4 Å². The summed E-state index contributed by atoms with van der Waals surface area (Å²) in [4.78, 5) is 10.8. The quantitative estimate of drug-likeness (QED) is 0.491. The van der Waals surface area contributed by atoms with Gasteiger partial charge in [-0.1, -0.05) is 0 Å². The summed E-state index contributed by atoms with van der Waals surface area (Å²) in [6.45, 7) is 3.11. The monoisotopic (exact) mass is 204 g/mol. The standard InChI is InChI=1S/C9H20N2O3/c1-10-4-6-14-8-7-13-5-3-9(12)11-2/h10H,3-8H2,1-2H3,(H,11,12). The zero-order chi connectivity index (χ0) is 10.6. The van der Waals surface area contributed by atoms with E-state index >= 15 is 0 Å². The maximum atomic E-state index is 10.8. The molecule has 0 bridgehead atoms. The van der Waals surface area contributed by atoms with Crippen molar-refractivity contribution in [2.75, 3.05) is 47.1 Å². The van der Waals surface area contributed by atoms with E-state index in [1.165, 1.54) is 0 Å². The van der Waals surface area contributed by atoms with Crippen molar-refractivity contribution >= 4 is 5.91 Å². The molecule has 0 aromatic carbocycles. The third-order valence-corrected chi connectivity index (χ3v) is 1.62. The molecule has 0 radical (unpaired) electrons. The fourth-order valence-electron chi connectivity index (χ4n) is 0.786. The van der Waals surface area contributed by atoms with Gasteiger partial charge in [0.15, 0.2) is 0 Å². The van der Waals surface area contributed by atoms with Crippen LogP contribution in [-0.4, -0.2) is 53.0 Å². The van der Waals surface area contributed by atoms with Crippen molar-refractivity contribution in [3.05, 3.63) is 0 Å². The number of likely N-dealkylation sites (N-methyl/N-ethyl adjacent to an activating group) is 1. The predicted octanol–water partition coefficient (Wildman–Crippen LogP) is -0.625. The molecule has 14 heavy (non-hydrogen) atoms. The van der Waals surface area contributed by atoms with Gasteiger partial charge in [0.2, 0.25) is 5.91 Å². The first-order chi connectivity index (χ1) is 6.81. The van der Waals surface area contributed by atoms with E-state index < -0.39 is 0 Å². The van der Waals surface area contributed by atoms with Gasteiger partial charge >= 0.3 is 0 Å². The van der Waals surface area contributed by atoms with Gasteiger partial charge in [0.1, 0.15) is 0 Å². The molecule has 2 N–H and O–H groups in total. The molecule has 5 heteroatoms. The summed E-state index contributed by atoms with van der Waals surface area (Å²) < 4.78 is 10.4. The highest BCUT2D eigenvalue weighted by Crippen LogP contribution is 1.83. The maximum absolute atomic E-state index is 10.8. The number of nitrogens with one attached hydrogen (secondary N) is 2. The fourth-order valence-corrected chi connectivity index (χ4v) is 0.786. The largest absolute Gasteiger partial charge is 0.379 e. The summed E-state index contributed by atoms with van der Waals surface area (Å²) >= 11 is 0. The lowest BCUT2D eigenvalue weighted by atomic mass is 10.4. The second-order valence-corrected chi connectivity index (χ2v) is 2.75. The van der Waals surface area contributed by atoms with E-state index in [2.05, 4.69) is 10.6 Å². The normalized spacial score (nSPS) is 10.1. The molecule has 0 unspecified atom stereocenters. The third-order valence-electron chi connectivity index (χ3n) is 1.62. The van der Waals surface area contributed by atoms with E-state index in [9.17, 15) is 4.79 Å². The molecule has 5 nitrogen and oxygen atoms in total. The highest BCUT2D eigenvalue weighted by Gasteiger charge is 1.96. The van der Waals surface area contributed by atoms with Crippen LogP contribution < -0.4 is 10.6 Å². The summed E-state index contributed by atoms with van der Waals surface area (Å²) in [5.74, 6) is 0.00102. The molecular weight excluding hydrogens is 184 g/mol. The van der Waals surface area contributed by atoms with E-state index in [1.54, 1.807) is 7.05 Å². The second kappa shape index (κ2) is 10.4. The van der Waals surface area contributed by atoms with E-state index in [-0.39, 0.29) is 5.91 Å². The molecule has 84 valence electrons. The Morgan fingerprint density at radius 3 is 2.29 bits per heavy atom. The Kier molecular flexibility index (Phi) is 9.95. The lowest BCUT2D eigenvalue weighted by Crippen LogP contribution is -2.20. The van der Waals surface area contributed by atoms with Crippen LogP contribution in [0.15, 0.2) is 0 Å². The number of amides is 1. The van der Waals surface area contributed by atoms with Crippen molar-refractivity contribution in [1.82, 2.24) is 10.6 Å². The topological polar surface area (TPSA) is 59.6 Å². The molecule has 0 aliphatic carbocycles. The highest BCUT2D eigenvalue weighted by molar-refractivity contribution is 5.75. The Balaban J connectivity index is 2.95. The molecule has 0 aromatic heterocycles. The summed E-state index contributed by atoms with van der Waals surface area (Å²) in [5, 5.41) is 5.50. The van der Waals surface area contributed by atoms with Gasteiger partial charge in [0.25, 0.3) is 0 Å². The van der Waals surface area contributed by atoms with Crippen molar-refractivity contribution in [2.24, 2.45) is 0 Å². The van der Waals surface area contributed by atoms with Crippen LogP contribution in [0.1, 0.15) is 6.42 Å². The van der Waals surface area contributed by atoms with Gasteiger partial charge in [-0.25, -0.2) is 0 Å². The summed E-state index contributed by atoms with van der Waals surface area (Å²) in [7, 11) is 3.49. The SMILES string of the molecule is CNCCOCCOCCC(=O)NC. The minimum Gasteiger partial charge on any atom is -0.379 e. The minimum atomic E-state index is 0.00102. The first-order valence-corrected chi connectivity index (χ1v) is 4.82. The highest BCUT2D eigenvalue weighted by atomic mass is 16.5. The number of carbonyl (C=O) groups is 1. The summed E-state index contributed by atoms with van der Waals surface area (Å²) in [6, 6.07) is 0. The molecule has 0 spiro atoms. The summed E-state index contributed by atoms with van der Waals surface area (Å²) in [6.07, 6.45) is 0.410. The van der Waals surface area contributed by atoms with Crippen molar-refractivity contribution in [2.45, 2.75) is 6.42 Å². The van der Waals surface area contributed by atoms with Gasteiger partial charge in [0, 0.05) is 20.0 Å². The van der Waals surface area contributed by atoms with Crippen molar-refractivity contribution in [3.8, 4) is 0 Å². The van der Waals surface area contributed by atoms with Gasteiger partial charge in [-0.15, -0.1) is 0 Å². The first-order valence-electron chi connectivity index (χ1n) is 4.82. The molecule has 0 aliphatic heterocycles. The number of hydrogen-bond donors (Lipinski definition) is 2. The van der Waals surface area contributed by atoms with Crippen LogP contribution in [0.4, 0.5) is 0 Å². The summed E-state index contributed by atoms with van der Waals surface area (Å²) in [5.41, 5.74) is 0. The minimum absolute atomic E-state index is 0.00102. The van der Waals surface area contributed by atoms with Crippen LogP contribution in [0.2, 0.25) is 0 Å². The second-order valence-electron chi connectivity index (χ2n) is 2.75. The third kappa shape index (κ3) is 9.44. The van der Waals surface area contributed by atoms with Crippen LogP contribution in [-0.2, 0) is 14.3 Å². The number of rotatable bonds is 9. The molecule has 0 heterocycles. The Hall–Kier alpha value is -0.650. The average molecular weight is 204 g/mol. The first kappa shape index (κ1) is 13.4. The Morgan fingerprint density at radius 2 is 1.71 bits per heavy atom. The van der Waals surface area contributed by atoms with Crippen LogP contribution in [0.5, 0.6) is 0 Å². The van der Waals surface area contributed by atoms with Crippen molar-refractivity contribution in [1.29, 1.82) is 0 Å². The molecule has 0 aliphatic rings. The maximum Gasteiger partial charge on any atom is 0.222 e. The Labute approximate surface area is 85.1 Å². The number of carbonyl (C=O) groups excluding carboxylic acids is 1. The van der Waals surface area contributed by atoms with Crippen LogP contribution in [0.25, 0.3) is 0 Å². The zero-order valence-electron chi connectivity index (χ0n) is 8.97. The van der Waals surface area contributed by atoms with Gasteiger partial charge < -0.3 is 20.1 Å². The molecule has 1 amide bonds. The Morgan fingerprint density at radius 1 is 1.07 bits per heavy atom. The van der Waals surface area contributed by atoms with Crippen LogP contribution in [0, 0.1) is 0 Å². The Bertz CT molecular complexity index is 142. The van der Waals surface area contributed by atoms with Gasteiger partial charge in [-0.05, 0) is 7.05 Å². The van der Waals surface area contributed by atoms with Crippen LogP contribution in [0.3, 0.4) is 0 Å². The smallest absolute Gasteiger partial charge is 0.222 e. The van der Waals surface area contributed by atoms with Crippen molar-refractivity contribution in [3.63, 3.8) is 0 Å². The predicted molar refractivity (Wildman–Crippen MR) is 54.2 cm³/mol. The molecule has 0 atom stereocenters. The number of ether oxygens (including phenoxy) is 2. The van der Waals surface area contributed by atoms with Gasteiger partial charge in [-0.2, -0.15) is 0 Å². The van der Waals surface area contributed by atoms with Crippen molar-refractivity contribution < 1.29 is 14.3 Å². The molecule has 0 saturated carbocycles. The lowest BCUT2D eigenvalue weighted by Gasteiger charge is -2.04. The van der Waals surface area contributed by atoms with Crippen LogP contribution >= 0.6 is 0 Å². The lowest BCUT2D eigenvalue weighted by molar-refractivity contribution is -0.121. The van der Waals surface area contributed by atoms with E-state index in [1.807, 2.05) is 7.05 Å². The molecular formula is C9H20N2O3. The number of hydrogen-bond acceptors (Lipinski definition) is 4. The van der Waals surface area contributed by atoms with E-state index in [0.29, 0.717) is 32.8 Å². The molecule has 0 fully saturated rings. The molecule has 0 rings (SSSR count). The molecule has 0 aromatic rings. The average Bonchev–Trinajstić information content (AvgIpc) is 2.21. The van der Waals surface area contributed by atoms with Gasteiger partial charge in [-0.3, -0.25) is 4.79 Å². The zero-order valence-corrected chi connectivity index (χ0v) is 8.97.